The SMILES string of the molecule is CCc1nncn1CCN=C(N)Nc1ccc(OC)c(Cl)c1. The number of hydrogen-bond acceptors (Lipinski definition) is 4. The summed E-state index contributed by atoms with van der Waals surface area (Å²) in [6.45, 7) is 3.25. The van der Waals surface area contributed by atoms with Crippen LogP contribution in [0.4, 0.5) is 5.69 Å². The van der Waals surface area contributed by atoms with Crippen LogP contribution in [0, 0.1) is 0 Å². The molecule has 0 aliphatic rings. The zero-order valence-corrected chi connectivity index (χ0v) is 13.3. The van der Waals surface area contributed by atoms with E-state index in [-0.39, 0.29) is 0 Å². The highest BCUT2D eigenvalue weighted by Crippen LogP contribution is 2.26. The van der Waals surface area contributed by atoms with Gasteiger partial charge in [0.2, 0.25) is 0 Å². The molecule has 0 unspecified atom stereocenters. The molecule has 0 radical (unpaired) electrons. The molecule has 0 atom stereocenters. The van der Waals surface area contributed by atoms with E-state index in [4.69, 9.17) is 22.1 Å². The number of rotatable bonds is 6. The molecule has 3 N–H and O–H groups in total. The van der Waals surface area contributed by atoms with Crippen molar-refractivity contribution in [1.82, 2.24) is 14.8 Å². The van der Waals surface area contributed by atoms with Gasteiger partial charge in [0.05, 0.1) is 18.7 Å². The molecule has 0 fully saturated rings. The predicted octanol–water partition coefficient (Wildman–Crippen LogP) is 1.93. The van der Waals surface area contributed by atoms with Gasteiger partial charge >= 0.3 is 0 Å². The van der Waals surface area contributed by atoms with Crippen LogP contribution in [-0.2, 0) is 13.0 Å². The van der Waals surface area contributed by atoms with E-state index in [2.05, 4.69) is 20.5 Å². The molecule has 1 aromatic heterocycles. The maximum atomic E-state index is 6.06. The summed E-state index contributed by atoms with van der Waals surface area (Å²) in [6.07, 6.45) is 2.53. The van der Waals surface area contributed by atoms with Crippen molar-refractivity contribution in [2.24, 2.45) is 10.7 Å². The highest BCUT2D eigenvalue weighted by Gasteiger charge is 2.03. The molecule has 2 rings (SSSR count). The van der Waals surface area contributed by atoms with E-state index in [1.165, 1.54) is 0 Å². The number of nitrogens with one attached hydrogen (secondary N) is 1. The summed E-state index contributed by atoms with van der Waals surface area (Å²) < 4.78 is 7.06. The van der Waals surface area contributed by atoms with Gasteiger partial charge in [-0.25, -0.2) is 0 Å². The molecule has 22 heavy (non-hydrogen) atoms. The van der Waals surface area contributed by atoms with Crippen LogP contribution < -0.4 is 15.8 Å². The Morgan fingerprint density at radius 1 is 1.50 bits per heavy atom. The topological polar surface area (TPSA) is 90.4 Å². The van der Waals surface area contributed by atoms with E-state index < -0.39 is 0 Å². The molecule has 0 spiro atoms. The summed E-state index contributed by atoms with van der Waals surface area (Å²) in [5.41, 5.74) is 6.62. The Hall–Kier alpha value is -2.28. The molecule has 8 heteroatoms. The molecule has 0 bridgehead atoms. The fraction of sp³-hybridized carbons (Fsp3) is 0.357. The van der Waals surface area contributed by atoms with Crippen molar-refractivity contribution in [3.05, 3.63) is 35.4 Å². The molecular weight excluding hydrogens is 304 g/mol. The molecule has 0 saturated carbocycles. The first-order valence-electron chi connectivity index (χ1n) is 6.91. The average molecular weight is 323 g/mol. The number of aliphatic imine (C=N–C) groups is 1. The Bertz CT molecular complexity index is 655. The summed E-state index contributed by atoms with van der Waals surface area (Å²) in [5.74, 6) is 1.87. The number of hydrogen-bond donors (Lipinski definition) is 2. The van der Waals surface area contributed by atoms with Gasteiger partial charge in [-0.15, -0.1) is 10.2 Å². The largest absolute Gasteiger partial charge is 0.495 e. The van der Waals surface area contributed by atoms with Gasteiger partial charge in [-0.2, -0.15) is 0 Å². The van der Waals surface area contributed by atoms with Gasteiger partial charge < -0.3 is 20.4 Å². The quantitative estimate of drug-likeness (QED) is 0.626. The van der Waals surface area contributed by atoms with Crippen molar-refractivity contribution in [3.8, 4) is 5.75 Å². The van der Waals surface area contributed by atoms with E-state index in [0.29, 0.717) is 29.8 Å². The number of aromatic nitrogens is 3. The molecule has 0 aliphatic carbocycles. The number of aryl methyl sites for hydroxylation is 1. The van der Waals surface area contributed by atoms with Gasteiger partial charge in [0.25, 0.3) is 0 Å². The molecule has 118 valence electrons. The van der Waals surface area contributed by atoms with Crippen molar-refractivity contribution < 1.29 is 4.74 Å². The van der Waals surface area contributed by atoms with Crippen molar-refractivity contribution in [1.29, 1.82) is 0 Å². The molecule has 0 saturated heterocycles. The second kappa shape index (κ2) is 7.65. The van der Waals surface area contributed by atoms with Crippen molar-refractivity contribution in [2.45, 2.75) is 19.9 Å². The van der Waals surface area contributed by atoms with Crippen LogP contribution in [0.15, 0.2) is 29.5 Å². The number of anilines is 1. The first kappa shape index (κ1) is 16.1. The molecule has 7 nitrogen and oxygen atoms in total. The van der Waals surface area contributed by atoms with Gasteiger partial charge in [0.15, 0.2) is 5.96 Å². The smallest absolute Gasteiger partial charge is 0.193 e. The van der Waals surface area contributed by atoms with E-state index in [1.54, 1.807) is 25.6 Å². The lowest BCUT2D eigenvalue weighted by atomic mass is 10.3. The van der Waals surface area contributed by atoms with Gasteiger partial charge in [0, 0.05) is 18.7 Å². The van der Waals surface area contributed by atoms with Crippen LogP contribution in [-0.4, -0.2) is 34.4 Å². The number of methoxy groups -OCH3 is 1. The van der Waals surface area contributed by atoms with Crippen LogP contribution in [0.3, 0.4) is 0 Å². The van der Waals surface area contributed by atoms with Crippen molar-refractivity contribution >= 4 is 23.2 Å². The summed E-state index contributed by atoms with van der Waals surface area (Å²) in [5, 5.41) is 11.4. The number of benzene rings is 1. The fourth-order valence-corrected chi connectivity index (χ4v) is 2.21. The lowest BCUT2D eigenvalue weighted by Crippen LogP contribution is -2.23. The van der Waals surface area contributed by atoms with Gasteiger partial charge in [-0.3, -0.25) is 4.99 Å². The Kier molecular flexibility index (Phi) is 5.60. The summed E-state index contributed by atoms with van der Waals surface area (Å²) >= 11 is 6.06. The van der Waals surface area contributed by atoms with Crippen LogP contribution in [0.25, 0.3) is 0 Å². The second-order valence-electron chi connectivity index (χ2n) is 4.54. The van der Waals surface area contributed by atoms with Crippen LogP contribution >= 0.6 is 11.6 Å². The van der Waals surface area contributed by atoms with Crippen molar-refractivity contribution in [2.75, 3.05) is 19.0 Å². The minimum atomic E-state index is 0.326. The van der Waals surface area contributed by atoms with Crippen LogP contribution in [0.2, 0.25) is 5.02 Å². The summed E-state index contributed by atoms with van der Waals surface area (Å²) in [7, 11) is 1.57. The normalized spacial score (nSPS) is 11.5. The van der Waals surface area contributed by atoms with Gasteiger partial charge in [0.1, 0.15) is 17.9 Å². The monoisotopic (exact) mass is 322 g/mol. The third kappa shape index (κ3) is 4.11. The molecule has 1 heterocycles. The Morgan fingerprint density at radius 3 is 3.00 bits per heavy atom. The Morgan fingerprint density at radius 2 is 2.32 bits per heavy atom. The van der Waals surface area contributed by atoms with Gasteiger partial charge in [-0.1, -0.05) is 18.5 Å². The standard InChI is InChI=1S/C14H19ClN6O/c1-3-13-20-18-9-21(13)7-6-17-14(16)19-10-4-5-12(22-2)11(15)8-10/h4-5,8-9H,3,6-7H2,1-2H3,(H3,16,17,19). The second-order valence-corrected chi connectivity index (χ2v) is 4.94. The third-order valence-electron chi connectivity index (χ3n) is 3.06. The van der Waals surface area contributed by atoms with E-state index in [1.807, 2.05) is 17.6 Å². The van der Waals surface area contributed by atoms with E-state index >= 15 is 0 Å². The molecular formula is C14H19ClN6O. The fourth-order valence-electron chi connectivity index (χ4n) is 1.95. The molecule has 0 aliphatic heterocycles. The summed E-state index contributed by atoms with van der Waals surface area (Å²) in [4.78, 5) is 4.27. The highest BCUT2D eigenvalue weighted by atomic mass is 35.5. The average Bonchev–Trinajstić information content (AvgIpc) is 2.95. The zero-order valence-electron chi connectivity index (χ0n) is 12.6. The molecule has 0 amide bonds. The number of ether oxygens (including phenoxy) is 1. The summed E-state index contributed by atoms with van der Waals surface area (Å²) in [6, 6.07) is 5.32. The highest BCUT2D eigenvalue weighted by molar-refractivity contribution is 6.32. The number of nitrogens with zero attached hydrogens (tertiary/aromatic N) is 4. The minimum Gasteiger partial charge on any atom is -0.495 e. The zero-order chi connectivity index (χ0) is 15.9. The van der Waals surface area contributed by atoms with E-state index in [0.717, 1.165) is 17.9 Å². The lowest BCUT2D eigenvalue weighted by Gasteiger charge is -2.08. The maximum absolute atomic E-state index is 6.06. The third-order valence-corrected chi connectivity index (χ3v) is 3.35. The molecule has 2 aromatic rings. The van der Waals surface area contributed by atoms with Crippen LogP contribution in [0.1, 0.15) is 12.7 Å². The van der Waals surface area contributed by atoms with Gasteiger partial charge in [-0.05, 0) is 18.2 Å². The van der Waals surface area contributed by atoms with Crippen LogP contribution in [0.5, 0.6) is 5.75 Å². The van der Waals surface area contributed by atoms with E-state index in [9.17, 15) is 0 Å². The Labute approximate surface area is 134 Å². The minimum absolute atomic E-state index is 0.326. The Balaban J connectivity index is 1.91. The number of halogens is 1. The molecule has 1 aromatic carbocycles. The predicted molar refractivity (Wildman–Crippen MR) is 87.5 cm³/mol. The first-order chi connectivity index (χ1) is 10.6. The maximum Gasteiger partial charge on any atom is 0.193 e. The first-order valence-corrected chi connectivity index (χ1v) is 7.29. The van der Waals surface area contributed by atoms with Crippen molar-refractivity contribution in [3.63, 3.8) is 0 Å². The number of guanidine groups is 1. The number of nitrogens with two attached hydrogens (primary N) is 1. The lowest BCUT2D eigenvalue weighted by molar-refractivity contribution is 0.415.